The highest BCUT2D eigenvalue weighted by atomic mass is 32.1. The van der Waals surface area contributed by atoms with Crippen LogP contribution in [0.15, 0.2) is 24.3 Å². The zero-order valence-electron chi connectivity index (χ0n) is 9.93. The highest BCUT2D eigenvalue weighted by Gasteiger charge is 2.05. The van der Waals surface area contributed by atoms with Gasteiger partial charge in [-0.25, -0.2) is 0 Å². The second kappa shape index (κ2) is 5.63. The molecule has 90 valence electrons. The van der Waals surface area contributed by atoms with Gasteiger partial charge in [-0.3, -0.25) is 0 Å². The van der Waals surface area contributed by atoms with Crippen molar-refractivity contribution < 1.29 is 4.74 Å². The second-order valence-corrected chi connectivity index (χ2v) is 4.56. The number of ether oxygens (including phenoxy) is 1. The molecule has 2 aromatic rings. The number of nitrogens with one attached hydrogen (secondary N) is 1. The molecule has 1 aromatic carbocycles. The molecule has 4 nitrogen and oxygen atoms in total. The molecule has 1 N–H and O–H groups in total. The number of hydrogen-bond acceptors (Lipinski definition) is 5. The van der Waals surface area contributed by atoms with Gasteiger partial charge in [0.05, 0.1) is 0 Å². The minimum absolute atomic E-state index is 0.469. The molecule has 0 aliphatic rings. The number of aryl methyl sites for hydroxylation is 1. The van der Waals surface area contributed by atoms with E-state index in [1.54, 1.807) is 0 Å². The maximum absolute atomic E-state index is 5.75. The van der Waals surface area contributed by atoms with Crippen molar-refractivity contribution in [3.8, 4) is 5.75 Å². The fourth-order valence-electron chi connectivity index (χ4n) is 1.49. The van der Waals surface area contributed by atoms with Crippen LogP contribution >= 0.6 is 11.3 Å². The maximum atomic E-state index is 5.75. The topological polar surface area (TPSA) is 47.0 Å². The SMILES string of the molecule is CCc1ccccc1OCc1nnc(NC)s1. The Labute approximate surface area is 105 Å². The molecule has 0 unspecified atom stereocenters. The first-order valence-electron chi connectivity index (χ1n) is 5.54. The summed E-state index contributed by atoms with van der Waals surface area (Å²) in [4.78, 5) is 0. The van der Waals surface area contributed by atoms with Crippen LogP contribution in [0, 0.1) is 0 Å². The third kappa shape index (κ3) is 2.94. The van der Waals surface area contributed by atoms with Crippen molar-refractivity contribution in [2.45, 2.75) is 20.0 Å². The summed E-state index contributed by atoms with van der Waals surface area (Å²) in [7, 11) is 1.83. The lowest BCUT2D eigenvalue weighted by Crippen LogP contribution is -1.97. The smallest absolute Gasteiger partial charge is 0.205 e. The van der Waals surface area contributed by atoms with E-state index in [2.05, 4.69) is 28.5 Å². The quantitative estimate of drug-likeness (QED) is 0.885. The summed E-state index contributed by atoms with van der Waals surface area (Å²) in [6.45, 7) is 2.59. The average Bonchev–Trinajstić information content (AvgIpc) is 2.84. The van der Waals surface area contributed by atoms with Crippen molar-refractivity contribution in [1.82, 2.24) is 10.2 Å². The Morgan fingerprint density at radius 3 is 2.82 bits per heavy atom. The van der Waals surface area contributed by atoms with Crippen LogP contribution in [0.1, 0.15) is 17.5 Å². The predicted octanol–water partition coefficient (Wildman–Crippen LogP) is 2.72. The summed E-state index contributed by atoms with van der Waals surface area (Å²) in [5.41, 5.74) is 1.21. The Morgan fingerprint density at radius 2 is 2.12 bits per heavy atom. The Balaban J connectivity index is 2.01. The summed E-state index contributed by atoms with van der Waals surface area (Å²) < 4.78 is 5.75. The van der Waals surface area contributed by atoms with Gasteiger partial charge in [0, 0.05) is 7.05 Å². The minimum atomic E-state index is 0.469. The van der Waals surface area contributed by atoms with Gasteiger partial charge >= 0.3 is 0 Å². The van der Waals surface area contributed by atoms with Crippen molar-refractivity contribution in [2.24, 2.45) is 0 Å². The van der Waals surface area contributed by atoms with Crippen LogP contribution in [-0.4, -0.2) is 17.2 Å². The van der Waals surface area contributed by atoms with E-state index >= 15 is 0 Å². The number of para-hydroxylation sites is 1. The van der Waals surface area contributed by atoms with E-state index in [4.69, 9.17) is 4.74 Å². The van der Waals surface area contributed by atoms with Gasteiger partial charge in [-0.05, 0) is 18.1 Å². The molecule has 1 heterocycles. The lowest BCUT2D eigenvalue weighted by molar-refractivity contribution is 0.301. The largest absolute Gasteiger partial charge is 0.486 e. The van der Waals surface area contributed by atoms with E-state index in [1.165, 1.54) is 16.9 Å². The number of anilines is 1. The summed E-state index contributed by atoms with van der Waals surface area (Å²) in [6.07, 6.45) is 0.966. The van der Waals surface area contributed by atoms with Crippen LogP contribution in [0.3, 0.4) is 0 Å². The Hall–Kier alpha value is -1.62. The molecule has 0 spiro atoms. The van der Waals surface area contributed by atoms with Crippen LogP contribution in [0.4, 0.5) is 5.13 Å². The van der Waals surface area contributed by atoms with Crippen LogP contribution in [0.25, 0.3) is 0 Å². The average molecular weight is 249 g/mol. The van der Waals surface area contributed by atoms with Gasteiger partial charge in [-0.15, -0.1) is 10.2 Å². The van der Waals surface area contributed by atoms with Gasteiger partial charge in [0.25, 0.3) is 0 Å². The van der Waals surface area contributed by atoms with E-state index in [0.29, 0.717) is 6.61 Å². The molecular weight excluding hydrogens is 234 g/mol. The number of rotatable bonds is 5. The van der Waals surface area contributed by atoms with Crippen LogP contribution in [0.5, 0.6) is 5.75 Å². The van der Waals surface area contributed by atoms with Gasteiger partial charge < -0.3 is 10.1 Å². The summed E-state index contributed by atoms with van der Waals surface area (Å²) in [5.74, 6) is 0.927. The van der Waals surface area contributed by atoms with Gasteiger partial charge in [0.2, 0.25) is 5.13 Å². The molecule has 0 aliphatic carbocycles. The molecule has 0 saturated carbocycles. The Kier molecular flexibility index (Phi) is 3.93. The van der Waals surface area contributed by atoms with E-state index < -0.39 is 0 Å². The zero-order chi connectivity index (χ0) is 12.1. The third-order valence-electron chi connectivity index (χ3n) is 2.39. The fourth-order valence-corrected chi connectivity index (χ4v) is 2.10. The highest BCUT2D eigenvalue weighted by molar-refractivity contribution is 7.15. The molecule has 2 rings (SSSR count). The van der Waals surface area contributed by atoms with Crippen LogP contribution < -0.4 is 10.1 Å². The number of benzene rings is 1. The molecule has 17 heavy (non-hydrogen) atoms. The lowest BCUT2D eigenvalue weighted by Gasteiger charge is -2.08. The zero-order valence-corrected chi connectivity index (χ0v) is 10.8. The van der Waals surface area contributed by atoms with E-state index in [0.717, 1.165) is 22.3 Å². The maximum Gasteiger partial charge on any atom is 0.205 e. The second-order valence-electron chi connectivity index (χ2n) is 3.50. The molecule has 0 aliphatic heterocycles. The van der Waals surface area contributed by atoms with E-state index in [1.807, 2.05) is 25.2 Å². The molecule has 0 saturated heterocycles. The normalized spacial score (nSPS) is 10.2. The first-order chi connectivity index (χ1) is 8.33. The minimum Gasteiger partial charge on any atom is -0.486 e. The summed E-state index contributed by atoms with van der Waals surface area (Å²) in [6, 6.07) is 8.07. The Bertz CT molecular complexity index is 484. The molecule has 0 bridgehead atoms. The molecule has 0 amide bonds. The van der Waals surface area contributed by atoms with Gasteiger partial charge in [0.1, 0.15) is 12.4 Å². The van der Waals surface area contributed by atoms with E-state index in [9.17, 15) is 0 Å². The molecule has 0 radical (unpaired) electrons. The summed E-state index contributed by atoms with van der Waals surface area (Å²) in [5, 5.41) is 12.7. The predicted molar refractivity (Wildman–Crippen MR) is 69.6 cm³/mol. The number of nitrogens with zero attached hydrogens (tertiary/aromatic N) is 2. The first kappa shape index (κ1) is 11.9. The monoisotopic (exact) mass is 249 g/mol. The molecular formula is C12H15N3OS. The van der Waals surface area contributed by atoms with Gasteiger partial charge in [0.15, 0.2) is 5.01 Å². The first-order valence-corrected chi connectivity index (χ1v) is 6.36. The van der Waals surface area contributed by atoms with Crippen molar-refractivity contribution in [2.75, 3.05) is 12.4 Å². The number of aromatic nitrogens is 2. The number of hydrogen-bond donors (Lipinski definition) is 1. The fraction of sp³-hybridized carbons (Fsp3) is 0.333. The molecule has 5 heteroatoms. The molecule has 1 aromatic heterocycles. The van der Waals surface area contributed by atoms with Gasteiger partial charge in [-0.2, -0.15) is 0 Å². The third-order valence-corrected chi connectivity index (χ3v) is 3.30. The van der Waals surface area contributed by atoms with Crippen LogP contribution in [0.2, 0.25) is 0 Å². The molecule has 0 atom stereocenters. The van der Waals surface area contributed by atoms with Crippen molar-refractivity contribution >= 4 is 16.5 Å². The lowest BCUT2D eigenvalue weighted by atomic mass is 10.1. The highest BCUT2D eigenvalue weighted by Crippen LogP contribution is 2.21. The van der Waals surface area contributed by atoms with Crippen molar-refractivity contribution in [3.63, 3.8) is 0 Å². The van der Waals surface area contributed by atoms with E-state index in [-0.39, 0.29) is 0 Å². The standard InChI is InChI=1S/C12H15N3OS/c1-3-9-6-4-5-7-10(9)16-8-11-14-15-12(13-2)17-11/h4-7H,3,8H2,1-2H3,(H,13,15). The van der Waals surface area contributed by atoms with Crippen molar-refractivity contribution in [3.05, 3.63) is 34.8 Å². The summed E-state index contributed by atoms with van der Waals surface area (Å²) >= 11 is 1.51. The van der Waals surface area contributed by atoms with Crippen LogP contribution in [-0.2, 0) is 13.0 Å². The molecule has 0 fully saturated rings. The Morgan fingerprint density at radius 1 is 1.29 bits per heavy atom. The van der Waals surface area contributed by atoms with Gasteiger partial charge in [-0.1, -0.05) is 36.5 Å². The van der Waals surface area contributed by atoms with Crippen molar-refractivity contribution in [1.29, 1.82) is 0 Å².